The van der Waals surface area contributed by atoms with E-state index in [1.807, 2.05) is 0 Å². The standard InChI is InChI=1S/C10H20N2O/c11-7-5-8(6-7)12-9-3-1-2-4-10(9)13/h7-10,12-13H,1-6,11H2. The van der Waals surface area contributed by atoms with Crippen LogP contribution in [0.2, 0.25) is 0 Å². The summed E-state index contributed by atoms with van der Waals surface area (Å²) in [5.41, 5.74) is 5.71. The number of aliphatic hydroxyl groups excluding tert-OH is 1. The average molecular weight is 184 g/mol. The molecule has 2 rings (SSSR count). The summed E-state index contributed by atoms with van der Waals surface area (Å²) in [6.45, 7) is 0. The minimum atomic E-state index is -0.120. The van der Waals surface area contributed by atoms with E-state index in [0.717, 1.165) is 25.7 Å². The van der Waals surface area contributed by atoms with Crippen LogP contribution in [0.15, 0.2) is 0 Å². The molecule has 4 N–H and O–H groups in total. The second-order valence-corrected chi connectivity index (χ2v) is 4.55. The van der Waals surface area contributed by atoms with Gasteiger partial charge in [-0.05, 0) is 25.7 Å². The van der Waals surface area contributed by atoms with Crippen LogP contribution < -0.4 is 11.1 Å². The van der Waals surface area contributed by atoms with E-state index in [2.05, 4.69) is 5.32 Å². The minimum Gasteiger partial charge on any atom is -0.392 e. The van der Waals surface area contributed by atoms with Crippen molar-refractivity contribution in [2.75, 3.05) is 0 Å². The molecule has 0 aromatic heterocycles. The number of nitrogens with one attached hydrogen (secondary N) is 1. The Morgan fingerprint density at radius 2 is 1.85 bits per heavy atom. The van der Waals surface area contributed by atoms with Crippen molar-refractivity contribution in [1.29, 1.82) is 0 Å². The van der Waals surface area contributed by atoms with Crippen molar-refractivity contribution in [2.24, 2.45) is 5.73 Å². The monoisotopic (exact) mass is 184 g/mol. The summed E-state index contributed by atoms with van der Waals surface area (Å²) in [6, 6.07) is 1.32. The van der Waals surface area contributed by atoms with Crippen molar-refractivity contribution in [1.82, 2.24) is 5.32 Å². The molecule has 0 spiro atoms. The molecule has 0 saturated heterocycles. The van der Waals surface area contributed by atoms with E-state index >= 15 is 0 Å². The topological polar surface area (TPSA) is 58.3 Å². The maximum atomic E-state index is 9.71. The van der Waals surface area contributed by atoms with Crippen LogP contribution >= 0.6 is 0 Å². The first-order valence-electron chi connectivity index (χ1n) is 5.45. The van der Waals surface area contributed by atoms with E-state index < -0.39 is 0 Å². The summed E-state index contributed by atoms with van der Waals surface area (Å²) >= 11 is 0. The Balaban J connectivity index is 1.73. The van der Waals surface area contributed by atoms with Gasteiger partial charge in [0.25, 0.3) is 0 Å². The highest BCUT2D eigenvalue weighted by atomic mass is 16.3. The molecule has 3 heteroatoms. The molecule has 2 unspecified atom stereocenters. The van der Waals surface area contributed by atoms with Gasteiger partial charge in [-0.1, -0.05) is 12.8 Å². The van der Waals surface area contributed by atoms with E-state index in [1.165, 1.54) is 12.8 Å². The molecule has 2 aliphatic carbocycles. The van der Waals surface area contributed by atoms with Crippen LogP contribution in [0.1, 0.15) is 38.5 Å². The highest BCUT2D eigenvalue weighted by Crippen LogP contribution is 2.23. The van der Waals surface area contributed by atoms with Crippen molar-refractivity contribution in [3.8, 4) is 0 Å². The van der Waals surface area contributed by atoms with Crippen LogP contribution in [0, 0.1) is 0 Å². The molecule has 2 atom stereocenters. The zero-order valence-electron chi connectivity index (χ0n) is 8.08. The lowest BCUT2D eigenvalue weighted by Crippen LogP contribution is -2.55. The second-order valence-electron chi connectivity index (χ2n) is 4.55. The molecule has 13 heavy (non-hydrogen) atoms. The Labute approximate surface area is 79.7 Å². The van der Waals surface area contributed by atoms with Gasteiger partial charge in [-0.15, -0.1) is 0 Å². The predicted molar refractivity (Wildman–Crippen MR) is 52.4 cm³/mol. The van der Waals surface area contributed by atoms with Gasteiger partial charge in [-0.2, -0.15) is 0 Å². The molecule has 0 amide bonds. The summed E-state index contributed by atoms with van der Waals surface area (Å²) in [5.74, 6) is 0. The molecule has 0 aromatic rings. The Morgan fingerprint density at radius 1 is 1.15 bits per heavy atom. The van der Waals surface area contributed by atoms with Gasteiger partial charge >= 0.3 is 0 Å². The van der Waals surface area contributed by atoms with Gasteiger partial charge < -0.3 is 16.2 Å². The molecular formula is C10H20N2O. The summed E-state index contributed by atoms with van der Waals surface area (Å²) < 4.78 is 0. The molecule has 2 saturated carbocycles. The van der Waals surface area contributed by atoms with Crippen LogP contribution in [0.25, 0.3) is 0 Å². The van der Waals surface area contributed by atoms with Crippen LogP contribution in [0.5, 0.6) is 0 Å². The fraction of sp³-hybridized carbons (Fsp3) is 1.00. The first-order valence-corrected chi connectivity index (χ1v) is 5.45. The number of nitrogens with two attached hydrogens (primary N) is 1. The van der Waals surface area contributed by atoms with Gasteiger partial charge in [-0.3, -0.25) is 0 Å². The molecule has 0 heterocycles. The largest absolute Gasteiger partial charge is 0.392 e. The Kier molecular flexibility index (Phi) is 2.86. The van der Waals surface area contributed by atoms with E-state index in [0.29, 0.717) is 18.1 Å². The fourth-order valence-corrected chi connectivity index (χ4v) is 2.41. The Hall–Kier alpha value is -0.120. The molecule has 2 aliphatic rings. The fourth-order valence-electron chi connectivity index (χ4n) is 2.41. The zero-order valence-corrected chi connectivity index (χ0v) is 8.08. The van der Waals surface area contributed by atoms with Crippen LogP contribution in [-0.2, 0) is 0 Å². The number of aliphatic hydroxyl groups is 1. The van der Waals surface area contributed by atoms with Gasteiger partial charge in [0.15, 0.2) is 0 Å². The lowest BCUT2D eigenvalue weighted by atomic mass is 9.84. The van der Waals surface area contributed by atoms with Crippen molar-refractivity contribution in [2.45, 2.75) is 62.8 Å². The summed E-state index contributed by atoms with van der Waals surface area (Å²) in [6.07, 6.45) is 6.60. The maximum absolute atomic E-state index is 9.71. The zero-order chi connectivity index (χ0) is 9.26. The maximum Gasteiger partial charge on any atom is 0.0693 e. The lowest BCUT2D eigenvalue weighted by molar-refractivity contribution is 0.0754. The van der Waals surface area contributed by atoms with Gasteiger partial charge in [0, 0.05) is 18.1 Å². The molecule has 0 aliphatic heterocycles. The third-order valence-corrected chi connectivity index (χ3v) is 3.35. The summed E-state index contributed by atoms with van der Waals surface area (Å²) in [7, 11) is 0. The van der Waals surface area contributed by atoms with E-state index in [9.17, 15) is 5.11 Å². The van der Waals surface area contributed by atoms with Gasteiger partial charge in [0.2, 0.25) is 0 Å². The van der Waals surface area contributed by atoms with Crippen molar-refractivity contribution in [3.05, 3.63) is 0 Å². The number of hydrogen-bond acceptors (Lipinski definition) is 3. The molecular weight excluding hydrogens is 164 g/mol. The van der Waals surface area contributed by atoms with Gasteiger partial charge in [0.1, 0.15) is 0 Å². The van der Waals surface area contributed by atoms with Crippen LogP contribution in [-0.4, -0.2) is 29.3 Å². The van der Waals surface area contributed by atoms with Crippen molar-refractivity contribution < 1.29 is 5.11 Å². The van der Waals surface area contributed by atoms with E-state index in [-0.39, 0.29) is 6.10 Å². The van der Waals surface area contributed by atoms with Crippen molar-refractivity contribution >= 4 is 0 Å². The second kappa shape index (κ2) is 3.95. The predicted octanol–water partition coefficient (Wildman–Crippen LogP) is 0.369. The Bertz CT molecular complexity index is 168. The average Bonchev–Trinajstić information content (AvgIpc) is 2.06. The normalized spacial score (nSPS) is 45.7. The molecule has 0 radical (unpaired) electrons. The number of hydrogen-bond donors (Lipinski definition) is 3. The van der Waals surface area contributed by atoms with Crippen LogP contribution in [0.4, 0.5) is 0 Å². The van der Waals surface area contributed by atoms with Crippen molar-refractivity contribution in [3.63, 3.8) is 0 Å². The third kappa shape index (κ3) is 2.22. The molecule has 2 fully saturated rings. The first kappa shape index (κ1) is 9.44. The van der Waals surface area contributed by atoms with Crippen LogP contribution in [0.3, 0.4) is 0 Å². The van der Waals surface area contributed by atoms with E-state index in [1.54, 1.807) is 0 Å². The van der Waals surface area contributed by atoms with Gasteiger partial charge in [0.05, 0.1) is 6.10 Å². The van der Waals surface area contributed by atoms with E-state index in [4.69, 9.17) is 5.73 Å². The molecule has 76 valence electrons. The van der Waals surface area contributed by atoms with Gasteiger partial charge in [-0.25, -0.2) is 0 Å². The molecule has 0 bridgehead atoms. The highest BCUT2D eigenvalue weighted by Gasteiger charge is 2.31. The molecule has 0 aromatic carbocycles. The first-order chi connectivity index (χ1) is 6.25. The molecule has 3 nitrogen and oxygen atoms in total. The summed E-state index contributed by atoms with van der Waals surface area (Å²) in [5, 5.41) is 13.2. The summed E-state index contributed by atoms with van der Waals surface area (Å²) in [4.78, 5) is 0. The highest BCUT2D eigenvalue weighted by molar-refractivity contribution is 4.92. The smallest absolute Gasteiger partial charge is 0.0693 e. The Morgan fingerprint density at radius 3 is 2.46 bits per heavy atom. The SMILES string of the molecule is NC1CC(NC2CCCCC2O)C1. The quantitative estimate of drug-likeness (QED) is 0.581. The number of rotatable bonds is 2. The third-order valence-electron chi connectivity index (χ3n) is 3.35. The minimum absolute atomic E-state index is 0.120. The lowest BCUT2D eigenvalue weighted by Gasteiger charge is -2.39.